The normalized spacial score (nSPS) is 16.5. The number of fused-ring (bicyclic) bond motifs is 1. The van der Waals surface area contributed by atoms with Crippen molar-refractivity contribution in [2.45, 2.75) is 31.7 Å². The van der Waals surface area contributed by atoms with Gasteiger partial charge in [-0.2, -0.15) is 5.10 Å². The topological polar surface area (TPSA) is 50.2 Å². The highest BCUT2D eigenvalue weighted by Gasteiger charge is 2.30. The molecule has 2 aliphatic heterocycles. The Morgan fingerprint density at radius 3 is 2.48 bits per heavy atom. The molecule has 7 heteroatoms. The van der Waals surface area contributed by atoms with Crippen molar-refractivity contribution in [1.29, 1.82) is 0 Å². The van der Waals surface area contributed by atoms with Gasteiger partial charge in [0, 0.05) is 24.0 Å². The molecule has 0 spiro atoms. The van der Waals surface area contributed by atoms with Crippen LogP contribution < -0.4 is 5.32 Å². The SMILES string of the molecule is Cl.O=C(c1cnn(-c2ccc(Cl)cc2)c1C1CCNCC1)N1CCc2ccccc2C1. The molecule has 2 aliphatic rings. The molecule has 5 rings (SSSR count). The largest absolute Gasteiger partial charge is 0.334 e. The van der Waals surface area contributed by atoms with Crippen LogP contribution in [0, 0.1) is 0 Å². The molecule has 1 saturated heterocycles. The zero-order valence-corrected chi connectivity index (χ0v) is 18.8. The molecule has 0 bridgehead atoms. The lowest BCUT2D eigenvalue weighted by Crippen LogP contribution is -2.37. The summed E-state index contributed by atoms with van der Waals surface area (Å²) in [5, 5.41) is 8.77. The lowest BCUT2D eigenvalue weighted by atomic mass is 9.91. The zero-order chi connectivity index (χ0) is 20.5. The number of hydrogen-bond donors (Lipinski definition) is 1. The van der Waals surface area contributed by atoms with Gasteiger partial charge in [-0.15, -0.1) is 12.4 Å². The Hall–Kier alpha value is -2.34. The maximum Gasteiger partial charge on any atom is 0.257 e. The second-order valence-corrected chi connectivity index (χ2v) is 8.54. The van der Waals surface area contributed by atoms with Crippen LogP contribution in [0.3, 0.4) is 0 Å². The number of amides is 1. The maximum atomic E-state index is 13.6. The van der Waals surface area contributed by atoms with Crippen LogP contribution in [0.15, 0.2) is 54.7 Å². The van der Waals surface area contributed by atoms with Crippen molar-refractivity contribution < 1.29 is 4.79 Å². The number of carbonyl (C=O) groups excluding carboxylic acids is 1. The van der Waals surface area contributed by atoms with E-state index in [9.17, 15) is 4.79 Å². The van der Waals surface area contributed by atoms with E-state index in [0.29, 0.717) is 17.5 Å². The predicted octanol–water partition coefficient (Wildman–Crippen LogP) is 4.61. The molecule has 162 valence electrons. The van der Waals surface area contributed by atoms with Crippen molar-refractivity contribution in [1.82, 2.24) is 20.0 Å². The Kier molecular flexibility index (Phi) is 6.65. The second-order valence-electron chi connectivity index (χ2n) is 8.10. The first kappa shape index (κ1) is 21.9. The van der Waals surface area contributed by atoms with Gasteiger partial charge < -0.3 is 10.2 Å². The Bertz CT molecular complexity index is 1060. The van der Waals surface area contributed by atoms with Crippen LogP contribution in [-0.2, 0) is 13.0 Å². The van der Waals surface area contributed by atoms with Gasteiger partial charge in [0.05, 0.1) is 23.1 Å². The third-order valence-corrected chi connectivity index (χ3v) is 6.50. The van der Waals surface area contributed by atoms with E-state index in [1.807, 2.05) is 39.9 Å². The van der Waals surface area contributed by atoms with Crippen LogP contribution in [0.5, 0.6) is 0 Å². The molecule has 2 aromatic carbocycles. The molecule has 0 aliphatic carbocycles. The van der Waals surface area contributed by atoms with Gasteiger partial charge in [-0.3, -0.25) is 4.79 Å². The van der Waals surface area contributed by atoms with Gasteiger partial charge in [-0.25, -0.2) is 4.68 Å². The van der Waals surface area contributed by atoms with Crippen molar-refractivity contribution in [3.05, 3.63) is 82.1 Å². The number of rotatable bonds is 3. The van der Waals surface area contributed by atoms with Crippen LogP contribution in [0.2, 0.25) is 5.02 Å². The van der Waals surface area contributed by atoms with Crippen LogP contribution in [0.1, 0.15) is 45.9 Å². The molecule has 1 N–H and O–H groups in total. The first-order chi connectivity index (χ1) is 14.7. The van der Waals surface area contributed by atoms with Crippen LogP contribution >= 0.6 is 24.0 Å². The highest BCUT2D eigenvalue weighted by molar-refractivity contribution is 6.30. The molecular weight excluding hydrogens is 431 g/mol. The lowest BCUT2D eigenvalue weighted by Gasteiger charge is -2.30. The lowest BCUT2D eigenvalue weighted by molar-refractivity contribution is 0.0732. The number of halogens is 2. The van der Waals surface area contributed by atoms with Gasteiger partial charge in [-0.1, -0.05) is 35.9 Å². The fourth-order valence-corrected chi connectivity index (χ4v) is 4.76. The highest BCUT2D eigenvalue weighted by Crippen LogP contribution is 2.32. The average Bonchev–Trinajstić information content (AvgIpc) is 3.24. The molecule has 5 nitrogen and oxygen atoms in total. The summed E-state index contributed by atoms with van der Waals surface area (Å²) in [5.41, 5.74) is 5.29. The molecule has 3 heterocycles. The van der Waals surface area contributed by atoms with Crippen molar-refractivity contribution in [3.8, 4) is 5.69 Å². The second kappa shape index (κ2) is 9.43. The first-order valence-corrected chi connectivity index (χ1v) is 11.0. The van der Waals surface area contributed by atoms with E-state index in [2.05, 4.69) is 28.6 Å². The number of aromatic nitrogens is 2. The fourth-order valence-electron chi connectivity index (χ4n) is 4.64. The minimum absolute atomic E-state index is 0. The fraction of sp³-hybridized carbons (Fsp3) is 0.333. The number of nitrogens with zero attached hydrogens (tertiary/aromatic N) is 3. The van der Waals surface area contributed by atoms with Gasteiger partial charge in [0.25, 0.3) is 5.91 Å². The minimum Gasteiger partial charge on any atom is -0.334 e. The smallest absolute Gasteiger partial charge is 0.257 e. The summed E-state index contributed by atoms with van der Waals surface area (Å²) in [5.74, 6) is 0.388. The highest BCUT2D eigenvalue weighted by atomic mass is 35.5. The van der Waals surface area contributed by atoms with E-state index in [-0.39, 0.29) is 18.3 Å². The van der Waals surface area contributed by atoms with Gasteiger partial charge in [0.15, 0.2) is 0 Å². The molecular formula is C24H26Cl2N4O. The van der Waals surface area contributed by atoms with Gasteiger partial charge in [-0.05, 0) is 67.7 Å². The van der Waals surface area contributed by atoms with Gasteiger partial charge in [0.2, 0.25) is 0 Å². The molecule has 1 aromatic heterocycles. The Labute approximate surface area is 193 Å². The van der Waals surface area contributed by atoms with Crippen molar-refractivity contribution in [2.24, 2.45) is 0 Å². The minimum atomic E-state index is 0. The quantitative estimate of drug-likeness (QED) is 0.625. The number of carbonyl (C=O) groups is 1. The summed E-state index contributed by atoms with van der Waals surface area (Å²) in [6.07, 6.45) is 4.66. The number of piperidine rings is 1. The van der Waals surface area contributed by atoms with Crippen molar-refractivity contribution in [3.63, 3.8) is 0 Å². The molecule has 1 amide bonds. The summed E-state index contributed by atoms with van der Waals surface area (Å²) in [4.78, 5) is 15.6. The third-order valence-electron chi connectivity index (χ3n) is 6.25. The molecule has 0 radical (unpaired) electrons. The van der Waals surface area contributed by atoms with Crippen LogP contribution in [0.25, 0.3) is 5.69 Å². The van der Waals surface area contributed by atoms with Crippen molar-refractivity contribution in [2.75, 3.05) is 19.6 Å². The zero-order valence-electron chi connectivity index (χ0n) is 17.3. The Balaban J connectivity index is 0.00000231. The van der Waals surface area contributed by atoms with Gasteiger partial charge >= 0.3 is 0 Å². The third kappa shape index (κ3) is 4.36. The number of hydrogen-bond acceptors (Lipinski definition) is 3. The van der Waals surface area contributed by atoms with E-state index in [0.717, 1.165) is 55.8 Å². The molecule has 0 unspecified atom stereocenters. The summed E-state index contributed by atoms with van der Waals surface area (Å²) in [6.45, 7) is 3.32. The van der Waals surface area contributed by atoms with E-state index in [4.69, 9.17) is 11.6 Å². The van der Waals surface area contributed by atoms with Crippen LogP contribution in [0.4, 0.5) is 0 Å². The Morgan fingerprint density at radius 2 is 1.74 bits per heavy atom. The van der Waals surface area contributed by atoms with Gasteiger partial charge in [0.1, 0.15) is 0 Å². The summed E-state index contributed by atoms with van der Waals surface area (Å²) in [6, 6.07) is 16.1. The van der Waals surface area contributed by atoms with E-state index in [1.54, 1.807) is 6.20 Å². The van der Waals surface area contributed by atoms with Crippen LogP contribution in [-0.4, -0.2) is 40.2 Å². The molecule has 3 aromatic rings. The number of benzene rings is 2. The van der Waals surface area contributed by atoms with E-state index < -0.39 is 0 Å². The summed E-state index contributed by atoms with van der Waals surface area (Å²) >= 11 is 6.09. The summed E-state index contributed by atoms with van der Waals surface area (Å²) < 4.78 is 1.94. The van der Waals surface area contributed by atoms with Crippen molar-refractivity contribution >= 4 is 29.9 Å². The maximum absolute atomic E-state index is 13.6. The first-order valence-electron chi connectivity index (χ1n) is 10.6. The number of nitrogens with one attached hydrogen (secondary N) is 1. The monoisotopic (exact) mass is 456 g/mol. The predicted molar refractivity (Wildman–Crippen MR) is 126 cm³/mol. The molecule has 0 atom stereocenters. The molecule has 0 saturated carbocycles. The standard InChI is InChI=1S/C24H25ClN4O.ClH/c25-20-5-7-21(8-6-20)29-23(18-9-12-26-13-10-18)22(15-27-29)24(30)28-14-11-17-3-1-2-4-19(17)16-28;/h1-8,15,18,26H,9-14,16H2;1H. The van der Waals surface area contributed by atoms with E-state index in [1.165, 1.54) is 11.1 Å². The molecule has 31 heavy (non-hydrogen) atoms. The summed E-state index contributed by atoms with van der Waals surface area (Å²) in [7, 11) is 0. The average molecular weight is 457 g/mol. The molecule has 1 fully saturated rings. The van der Waals surface area contributed by atoms with E-state index >= 15 is 0 Å². The Morgan fingerprint density at radius 1 is 1.03 bits per heavy atom.